The number of halogens is 1. The third-order valence-corrected chi connectivity index (χ3v) is 3.04. The molecule has 2 rings (SSSR count). The number of carbonyl (C=O) groups is 1. The van der Waals surface area contributed by atoms with Crippen molar-refractivity contribution >= 4 is 23.2 Å². The molecule has 0 fully saturated rings. The highest BCUT2D eigenvalue weighted by atomic mass is 35.5. The van der Waals surface area contributed by atoms with E-state index in [-0.39, 0.29) is 30.3 Å². The van der Waals surface area contributed by atoms with Gasteiger partial charge >= 0.3 is 0 Å². The number of benzene rings is 2. The van der Waals surface area contributed by atoms with Crippen LogP contribution in [0.25, 0.3) is 0 Å². The Balaban J connectivity index is 1.81. The molecule has 6 nitrogen and oxygen atoms in total. The summed E-state index contributed by atoms with van der Waals surface area (Å²) in [6, 6.07) is 12.4. The van der Waals surface area contributed by atoms with Crippen LogP contribution in [0, 0.1) is 10.1 Å². The van der Waals surface area contributed by atoms with Crippen LogP contribution in [0.2, 0.25) is 5.02 Å². The molecule has 0 aliphatic rings. The number of hydrogen-bond donors (Lipinski definition) is 1. The van der Waals surface area contributed by atoms with E-state index in [2.05, 4.69) is 5.32 Å². The predicted octanol–water partition coefficient (Wildman–Crippen LogP) is 3.06. The van der Waals surface area contributed by atoms with Crippen molar-refractivity contribution in [2.75, 3.05) is 13.2 Å². The van der Waals surface area contributed by atoms with E-state index in [1.165, 1.54) is 24.3 Å². The number of carbonyl (C=O) groups excluding carboxylic acids is 1. The molecule has 0 unspecified atom stereocenters. The third kappa shape index (κ3) is 4.46. The molecule has 2 aromatic rings. The van der Waals surface area contributed by atoms with Gasteiger partial charge in [-0.25, -0.2) is 0 Å². The quantitative estimate of drug-likeness (QED) is 0.504. The van der Waals surface area contributed by atoms with Crippen LogP contribution in [0.3, 0.4) is 0 Å². The van der Waals surface area contributed by atoms with Crippen molar-refractivity contribution in [3.05, 3.63) is 69.2 Å². The summed E-state index contributed by atoms with van der Waals surface area (Å²) in [4.78, 5) is 22.0. The number of non-ortho nitro benzene ring substituents is 1. The van der Waals surface area contributed by atoms with Gasteiger partial charge in [0.05, 0.1) is 11.5 Å². The fourth-order valence-electron chi connectivity index (χ4n) is 1.73. The lowest BCUT2D eigenvalue weighted by molar-refractivity contribution is -0.384. The normalized spacial score (nSPS) is 10.0. The molecule has 0 heterocycles. The lowest BCUT2D eigenvalue weighted by atomic mass is 10.2. The number of amides is 1. The van der Waals surface area contributed by atoms with Crippen molar-refractivity contribution in [1.29, 1.82) is 0 Å². The van der Waals surface area contributed by atoms with E-state index in [0.29, 0.717) is 10.8 Å². The highest BCUT2D eigenvalue weighted by Gasteiger charge is 2.10. The summed E-state index contributed by atoms with van der Waals surface area (Å²) in [6.07, 6.45) is 0. The van der Waals surface area contributed by atoms with Crippen molar-refractivity contribution in [3.8, 4) is 5.75 Å². The first-order valence-electron chi connectivity index (χ1n) is 6.47. The molecular formula is C15H13ClN2O4. The van der Waals surface area contributed by atoms with Crippen LogP contribution in [0.1, 0.15) is 10.4 Å². The minimum Gasteiger partial charge on any atom is -0.492 e. The second kappa shape index (κ2) is 7.42. The van der Waals surface area contributed by atoms with Gasteiger partial charge in [-0.05, 0) is 30.3 Å². The van der Waals surface area contributed by atoms with E-state index >= 15 is 0 Å². The van der Waals surface area contributed by atoms with Gasteiger partial charge in [0, 0.05) is 22.7 Å². The highest BCUT2D eigenvalue weighted by molar-refractivity contribution is 6.30. The molecule has 0 spiro atoms. The van der Waals surface area contributed by atoms with E-state index in [9.17, 15) is 14.9 Å². The second-order valence-electron chi connectivity index (χ2n) is 4.37. The van der Waals surface area contributed by atoms with Crippen molar-refractivity contribution in [3.63, 3.8) is 0 Å². The van der Waals surface area contributed by atoms with Crippen LogP contribution in [0.4, 0.5) is 5.69 Å². The van der Waals surface area contributed by atoms with Gasteiger partial charge in [0.15, 0.2) is 0 Å². The number of ether oxygens (including phenoxy) is 1. The molecule has 7 heteroatoms. The Kier molecular flexibility index (Phi) is 5.32. The molecular weight excluding hydrogens is 308 g/mol. The molecule has 1 amide bonds. The standard InChI is InChI=1S/C15H13ClN2O4/c16-12-4-6-14(7-5-12)22-9-8-17-15(19)11-2-1-3-13(10-11)18(20)21/h1-7,10H,8-9H2,(H,17,19). The first kappa shape index (κ1) is 15.8. The Labute approximate surface area is 131 Å². The first-order chi connectivity index (χ1) is 10.6. The minimum absolute atomic E-state index is 0.120. The van der Waals surface area contributed by atoms with Gasteiger partial charge in [-0.3, -0.25) is 14.9 Å². The van der Waals surface area contributed by atoms with Crippen LogP contribution >= 0.6 is 11.6 Å². The fraction of sp³-hybridized carbons (Fsp3) is 0.133. The Morgan fingerprint density at radius 1 is 1.23 bits per heavy atom. The molecule has 0 aliphatic carbocycles. The maximum atomic E-state index is 11.9. The van der Waals surface area contributed by atoms with Crippen LogP contribution < -0.4 is 10.1 Å². The number of nitrogens with zero attached hydrogens (tertiary/aromatic N) is 1. The number of nitro groups is 1. The first-order valence-corrected chi connectivity index (χ1v) is 6.85. The Morgan fingerprint density at radius 3 is 2.64 bits per heavy atom. The van der Waals surface area contributed by atoms with Gasteiger partial charge in [-0.2, -0.15) is 0 Å². The van der Waals surface area contributed by atoms with Crippen molar-refractivity contribution in [1.82, 2.24) is 5.32 Å². The van der Waals surface area contributed by atoms with Gasteiger partial charge < -0.3 is 10.1 Å². The maximum Gasteiger partial charge on any atom is 0.270 e. The molecule has 0 saturated carbocycles. The summed E-state index contributed by atoms with van der Waals surface area (Å²) in [5.74, 6) is 0.261. The van der Waals surface area contributed by atoms with Gasteiger partial charge in [-0.1, -0.05) is 17.7 Å². The second-order valence-corrected chi connectivity index (χ2v) is 4.80. The van der Waals surface area contributed by atoms with E-state index in [1.54, 1.807) is 24.3 Å². The maximum absolute atomic E-state index is 11.9. The van der Waals surface area contributed by atoms with Crippen molar-refractivity contribution in [2.24, 2.45) is 0 Å². The summed E-state index contributed by atoms with van der Waals surface area (Å²) in [5, 5.41) is 13.9. The number of nitro benzene ring substituents is 1. The minimum atomic E-state index is -0.541. The largest absolute Gasteiger partial charge is 0.492 e. The Hall–Kier alpha value is -2.60. The Bertz CT molecular complexity index is 673. The average molecular weight is 321 g/mol. The summed E-state index contributed by atoms with van der Waals surface area (Å²) >= 11 is 5.76. The monoisotopic (exact) mass is 320 g/mol. The number of nitrogens with one attached hydrogen (secondary N) is 1. The van der Waals surface area contributed by atoms with Gasteiger partial charge in [0.2, 0.25) is 0 Å². The lowest BCUT2D eigenvalue weighted by Gasteiger charge is -2.08. The van der Waals surface area contributed by atoms with E-state index in [0.717, 1.165) is 0 Å². The zero-order valence-corrected chi connectivity index (χ0v) is 12.2. The molecule has 0 aliphatic heterocycles. The molecule has 0 saturated heterocycles. The van der Waals surface area contributed by atoms with E-state index in [4.69, 9.17) is 16.3 Å². The Morgan fingerprint density at radius 2 is 1.95 bits per heavy atom. The van der Waals surface area contributed by atoms with E-state index in [1.807, 2.05) is 0 Å². The summed E-state index contributed by atoms with van der Waals surface area (Å²) in [6.45, 7) is 0.562. The molecule has 0 radical (unpaired) electrons. The predicted molar refractivity (Wildman–Crippen MR) is 82.4 cm³/mol. The zero-order valence-electron chi connectivity index (χ0n) is 11.5. The third-order valence-electron chi connectivity index (χ3n) is 2.79. The average Bonchev–Trinajstić information content (AvgIpc) is 2.53. The topological polar surface area (TPSA) is 81.5 Å². The molecule has 0 atom stereocenters. The van der Waals surface area contributed by atoms with Crippen molar-refractivity contribution in [2.45, 2.75) is 0 Å². The van der Waals surface area contributed by atoms with Gasteiger partial charge in [0.25, 0.3) is 11.6 Å². The molecule has 1 N–H and O–H groups in total. The number of hydrogen-bond acceptors (Lipinski definition) is 4. The fourth-order valence-corrected chi connectivity index (χ4v) is 1.85. The molecule has 114 valence electrons. The van der Waals surface area contributed by atoms with E-state index < -0.39 is 4.92 Å². The van der Waals surface area contributed by atoms with Crippen LogP contribution in [-0.4, -0.2) is 24.0 Å². The molecule has 22 heavy (non-hydrogen) atoms. The van der Waals surface area contributed by atoms with Crippen LogP contribution in [0.5, 0.6) is 5.75 Å². The van der Waals surface area contributed by atoms with Crippen LogP contribution in [0.15, 0.2) is 48.5 Å². The molecule has 0 aromatic heterocycles. The summed E-state index contributed by atoms with van der Waals surface area (Å²) in [7, 11) is 0. The lowest BCUT2D eigenvalue weighted by Crippen LogP contribution is -2.28. The SMILES string of the molecule is O=C(NCCOc1ccc(Cl)cc1)c1cccc([N+](=O)[O-])c1. The van der Waals surface area contributed by atoms with Crippen molar-refractivity contribution < 1.29 is 14.5 Å². The highest BCUT2D eigenvalue weighted by Crippen LogP contribution is 2.15. The summed E-state index contributed by atoms with van der Waals surface area (Å²) in [5.41, 5.74) is 0.116. The van der Waals surface area contributed by atoms with Crippen LogP contribution in [-0.2, 0) is 0 Å². The zero-order chi connectivity index (χ0) is 15.9. The van der Waals surface area contributed by atoms with Gasteiger partial charge in [0.1, 0.15) is 12.4 Å². The molecule has 0 bridgehead atoms. The summed E-state index contributed by atoms with van der Waals surface area (Å²) < 4.78 is 5.43. The molecule has 2 aromatic carbocycles. The smallest absolute Gasteiger partial charge is 0.270 e. The number of rotatable bonds is 6. The van der Waals surface area contributed by atoms with Gasteiger partial charge in [-0.15, -0.1) is 0 Å².